The van der Waals surface area contributed by atoms with Crippen LogP contribution in [0, 0.1) is 0 Å². The van der Waals surface area contributed by atoms with E-state index in [1.54, 1.807) is 32.4 Å². The van der Waals surface area contributed by atoms with E-state index in [2.05, 4.69) is 10.6 Å². The molecule has 106 valence electrons. The van der Waals surface area contributed by atoms with Gasteiger partial charge in [0.2, 0.25) is 5.91 Å². The van der Waals surface area contributed by atoms with Crippen molar-refractivity contribution in [1.82, 2.24) is 10.6 Å². The number of amides is 1. The summed E-state index contributed by atoms with van der Waals surface area (Å²) >= 11 is 0. The third-order valence-electron chi connectivity index (χ3n) is 2.52. The monoisotopic (exact) mass is 268 g/mol. The maximum absolute atomic E-state index is 11.4. The summed E-state index contributed by atoms with van der Waals surface area (Å²) in [4.78, 5) is 11.4. The Morgan fingerprint density at radius 3 is 2.84 bits per heavy atom. The molecule has 0 aliphatic heterocycles. The van der Waals surface area contributed by atoms with Crippen LogP contribution >= 0.6 is 0 Å². The van der Waals surface area contributed by atoms with Gasteiger partial charge in [0.1, 0.15) is 11.5 Å². The van der Waals surface area contributed by atoms with Gasteiger partial charge in [-0.05, 0) is 18.2 Å². The fourth-order valence-corrected chi connectivity index (χ4v) is 1.50. The van der Waals surface area contributed by atoms with Gasteiger partial charge in [-0.3, -0.25) is 4.79 Å². The van der Waals surface area contributed by atoms with E-state index < -0.39 is 0 Å². The fourth-order valence-electron chi connectivity index (χ4n) is 1.50. The topological polar surface area (TPSA) is 79.8 Å². The van der Waals surface area contributed by atoms with Crippen LogP contribution in [0.3, 0.4) is 0 Å². The molecule has 6 nitrogen and oxygen atoms in total. The molecule has 6 heteroatoms. The number of rotatable bonds is 8. The number of hydrogen-bond acceptors (Lipinski definition) is 5. The molecule has 0 unspecified atom stereocenters. The lowest BCUT2D eigenvalue weighted by atomic mass is 10.2. The molecular weight excluding hydrogens is 248 g/mol. The third kappa shape index (κ3) is 5.58. The standard InChI is InChI=1S/C13H20N2O4/c1-18-6-5-15-13(17)9-14-8-10-7-11(19-2)3-4-12(10)16/h3-4,7,14,16H,5-6,8-9H2,1-2H3,(H,15,17). The second kappa shape index (κ2) is 8.34. The zero-order chi connectivity index (χ0) is 14.1. The van der Waals surface area contributed by atoms with Crippen molar-refractivity contribution < 1.29 is 19.4 Å². The molecule has 0 saturated heterocycles. The number of phenols is 1. The van der Waals surface area contributed by atoms with Crippen molar-refractivity contribution in [3.8, 4) is 11.5 Å². The molecule has 0 saturated carbocycles. The minimum absolute atomic E-state index is 0.112. The number of methoxy groups -OCH3 is 2. The first kappa shape index (κ1) is 15.3. The molecule has 0 aliphatic carbocycles. The molecule has 0 aromatic heterocycles. The number of nitrogens with one attached hydrogen (secondary N) is 2. The van der Waals surface area contributed by atoms with Gasteiger partial charge < -0.3 is 25.2 Å². The molecule has 1 amide bonds. The zero-order valence-corrected chi connectivity index (χ0v) is 11.2. The quantitative estimate of drug-likeness (QED) is 0.589. The Kier molecular flexibility index (Phi) is 6.70. The highest BCUT2D eigenvalue weighted by atomic mass is 16.5. The first-order valence-corrected chi connectivity index (χ1v) is 5.99. The highest BCUT2D eigenvalue weighted by Crippen LogP contribution is 2.22. The van der Waals surface area contributed by atoms with Crippen LogP contribution in [-0.2, 0) is 16.1 Å². The lowest BCUT2D eigenvalue weighted by molar-refractivity contribution is -0.120. The number of carbonyl (C=O) groups excluding carboxylic acids is 1. The largest absolute Gasteiger partial charge is 0.508 e. The van der Waals surface area contributed by atoms with Crippen molar-refractivity contribution in [2.75, 3.05) is 33.9 Å². The summed E-state index contributed by atoms with van der Waals surface area (Å²) in [5.74, 6) is 0.728. The number of phenolic OH excluding ortho intramolecular Hbond substituents is 1. The molecule has 0 bridgehead atoms. The maximum Gasteiger partial charge on any atom is 0.234 e. The van der Waals surface area contributed by atoms with Crippen molar-refractivity contribution in [3.05, 3.63) is 23.8 Å². The number of ether oxygens (including phenoxy) is 2. The Morgan fingerprint density at radius 2 is 2.16 bits per heavy atom. The molecule has 0 heterocycles. The molecular formula is C13H20N2O4. The van der Waals surface area contributed by atoms with Crippen LogP contribution < -0.4 is 15.4 Å². The summed E-state index contributed by atoms with van der Waals surface area (Å²) in [7, 11) is 3.14. The van der Waals surface area contributed by atoms with Crippen molar-refractivity contribution in [1.29, 1.82) is 0 Å². The van der Waals surface area contributed by atoms with Gasteiger partial charge in [-0.2, -0.15) is 0 Å². The highest BCUT2D eigenvalue weighted by Gasteiger charge is 2.04. The molecule has 0 spiro atoms. The SMILES string of the molecule is COCCNC(=O)CNCc1cc(OC)ccc1O. The van der Waals surface area contributed by atoms with E-state index in [-0.39, 0.29) is 18.2 Å². The normalized spacial score (nSPS) is 10.2. The smallest absolute Gasteiger partial charge is 0.234 e. The van der Waals surface area contributed by atoms with Gasteiger partial charge >= 0.3 is 0 Å². The second-order valence-electron chi connectivity index (χ2n) is 3.94. The van der Waals surface area contributed by atoms with E-state index in [4.69, 9.17) is 9.47 Å². The van der Waals surface area contributed by atoms with E-state index in [9.17, 15) is 9.90 Å². The molecule has 1 rings (SSSR count). The van der Waals surface area contributed by atoms with E-state index in [1.807, 2.05) is 0 Å². The average Bonchev–Trinajstić information content (AvgIpc) is 2.41. The molecule has 0 atom stereocenters. The molecule has 0 aliphatic rings. The summed E-state index contributed by atoms with van der Waals surface area (Å²) in [6, 6.07) is 4.97. The first-order chi connectivity index (χ1) is 9.17. The van der Waals surface area contributed by atoms with E-state index in [0.717, 1.165) is 0 Å². The van der Waals surface area contributed by atoms with Crippen LogP contribution in [0.25, 0.3) is 0 Å². The molecule has 19 heavy (non-hydrogen) atoms. The fraction of sp³-hybridized carbons (Fsp3) is 0.462. The van der Waals surface area contributed by atoms with Gasteiger partial charge in [0.05, 0.1) is 20.3 Å². The Morgan fingerprint density at radius 1 is 1.37 bits per heavy atom. The number of aromatic hydroxyl groups is 1. The lowest BCUT2D eigenvalue weighted by Crippen LogP contribution is -2.35. The van der Waals surface area contributed by atoms with E-state index >= 15 is 0 Å². The van der Waals surface area contributed by atoms with Gasteiger partial charge in [-0.1, -0.05) is 0 Å². The van der Waals surface area contributed by atoms with E-state index in [1.165, 1.54) is 0 Å². The average molecular weight is 268 g/mol. The minimum Gasteiger partial charge on any atom is -0.508 e. The van der Waals surface area contributed by atoms with Crippen molar-refractivity contribution >= 4 is 5.91 Å². The summed E-state index contributed by atoms with van der Waals surface area (Å²) in [5.41, 5.74) is 0.684. The van der Waals surface area contributed by atoms with Crippen LogP contribution in [0.15, 0.2) is 18.2 Å². The van der Waals surface area contributed by atoms with E-state index in [0.29, 0.717) is 31.0 Å². The van der Waals surface area contributed by atoms with Crippen LogP contribution in [0.5, 0.6) is 11.5 Å². The summed E-state index contributed by atoms with van der Waals surface area (Å²) in [6.07, 6.45) is 0. The van der Waals surface area contributed by atoms with Crippen LogP contribution in [-0.4, -0.2) is 44.9 Å². The summed E-state index contributed by atoms with van der Waals surface area (Å²) < 4.78 is 9.90. The Labute approximate surface area is 112 Å². The molecule has 1 aromatic rings. The van der Waals surface area contributed by atoms with Crippen molar-refractivity contribution in [2.24, 2.45) is 0 Å². The lowest BCUT2D eigenvalue weighted by Gasteiger charge is -2.09. The summed E-state index contributed by atoms with van der Waals surface area (Å²) in [5, 5.41) is 15.3. The van der Waals surface area contributed by atoms with Gasteiger partial charge in [0.25, 0.3) is 0 Å². The minimum atomic E-state index is -0.112. The summed E-state index contributed by atoms with van der Waals surface area (Å²) in [6.45, 7) is 1.55. The number of hydrogen-bond donors (Lipinski definition) is 3. The van der Waals surface area contributed by atoms with Gasteiger partial charge in [-0.25, -0.2) is 0 Å². The van der Waals surface area contributed by atoms with Crippen LogP contribution in [0.2, 0.25) is 0 Å². The Balaban J connectivity index is 2.34. The van der Waals surface area contributed by atoms with Crippen molar-refractivity contribution in [3.63, 3.8) is 0 Å². The predicted molar refractivity (Wildman–Crippen MR) is 71.3 cm³/mol. The van der Waals surface area contributed by atoms with Gasteiger partial charge in [0, 0.05) is 25.8 Å². The van der Waals surface area contributed by atoms with Crippen LogP contribution in [0.1, 0.15) is 5.56 Å². The second-order valence-corrected chi connectivity index (χ2v) is 3.94. The van der Waals surface area contributed by atoms with Gasteiger partial charge in [-0.15, -0.1) is 0 Å². The Bertz CT molecular complexity index is 410. The number of carbonyl (C=O) groups is 1. The zero-order valence-electron chi connectivity index (χ0n) is 11.2. The predicted octanol–water partition coefficient (Wildman–Crippen LogP) is 0.253. The Hall–Kier alpha value is -1.79. The van der Waals surface area contributed by atoms with Crippen molar-refractivity contribution in [2.45, 2.75) is 6.54 Å². The van der Waals surface area contributed by atoms with Crippen LogP contribution in [0.4, 0.5) is 0 Å². The highest BCUT2D eigenvalue weighted by molar-refractivity contribution is 5.77. The molecule has 0 fully saturated rings. The third-order valence-corrected chi connectivity index (χ3v) is 2.52. The molecule has 0 radical (unpaired) electrons. The number of benzene rings is 1. The molecule has 3 N–H and O–H groups in total. The maximum atomic E-state index is 11.4. The van der Waals surface area contributed by atoms with Gasteiger partial charge in [0.15, 0.2) is 0 Å². The first-order valence-electron chi connectivity index (χ1n) is 5.99. The molecule has 1 aromatic carbocycles.